The van der Waals surface area contributed by atoms with E-state index in [-0.39, 0.29) is 29.6 Å². The van der Waals surface area contributed by atoms with E-state index in [0.29, 0.717) is 13.1 Å². The first-order valence-electron chi connectivity index (χ1n) is 12.3. The van der Waals surface area contributed by atoms with Crippen LogP contribution >= 0.6 is 0 Å². The predicted molar refractivity (Wildman–Crippen MR) is 128 cm³/mol. The molecule has 0 radical (unpaired) electrons. The van der Waals surface area contributed by atoms with Crippen molar-refractivity contribution < 1.29 is 9.59 Å². The molecule has 2 amide bonds. The number of rotatable bonds is 7. The summed E-state index contributed by atoms with van der Waals surface area (Å²) in [6, 6.07) is 19.0. The van der Waals surface area contributed by atoms with Crippen LogP contribution in [0.25, 0.3) is 0 Å². The Labute approximate surface area is 192 Å². The molecular formula is C28H36N2O2. The molecule has 1 saturated heterocycles. The molecular weight excluding hydrogens is 396 g/mol. The van der Waals surface area contributed by atoms with Gasteiger partial charge < -0.3 is 10.2 Å². The van der Waals surface area contributed by atoms with Crippen LogP contribution in [0.3, 0.4) is 0 Å². The average Bonchev–Trinajstić information content (AvgIpc) is 3.39. The maximum Gasteiger partial charge on any atom is 0.225 e. The fraction of sp³-hybridized carbons (Fsp3) is 0.500. The van der Waals surface area contributed by atoms with Crippen LogP contribution in [-0.2, 0) is 22.4 Å². The smallest absolute Gasteiger partial charge is 0.225 e. The third-order valence-corrected chi connectivity index (χ3v) is 7.25. The van der Waals surface area contributed by atoms with Crippen molar-refractivity contribution in [2.45, 2.75) is 57.8 Å². The van der Waals surface area contributed by atoms with Gasteiger partial charge in [0.25, 0.3) is 0 Å². The minimum absolute atomic E-state index is 0.0834. The van der Waals surface area contributed by atoms with Gasteiger partial charge in [-0.3, -0.25) is 9.59 Å². The van der Waals surface area contributed by atoms with Gasteiger partial charge in [0.05, 0.1) is 5.92 Å². The number of aryl methyl sites for hydroxylation is 1. The lowest BCUT2D eigenvalue weighted by molar-refractivity contribution is -0.139. The van der Waals surface area contributed by atoms with Crippen LogP contribution in [0.4, 0.5) is 0 Å². The molecule has 4 nitrogen and oxygen atoms in total. The molecule has 1 saturated carbocycles. The highest BCUT2D eigenvalue weighted by atomic mass is 16.2. The monoisotopic (exact) mass is 432 g/mol. The summed E-state index contributed by atoms with van der Waals surface area (Å²) in [5.41, 5.74) is 3.79. The van der Waals surface area contributed by atoms with Crippen LogP contribution in [0.1, 0.15) is 61.6 Å². The van der Waals surface area contributed by atoms with E-state index < -0.39 is 0 Å². The molecule has 1 aliphatic carbocycles. The number of nitrogens with one attached hydrogen (secondary N) is 1. The van der Waals surface area contributed by atoms with Gasteiger partial charge in [-0.2, -0.15) is 0 Å². The van der Waals surface area contributed by atoms with E-state index in [4.69, 9.17) is 0 Å². The van der Waals surface area contributed by atoms with Crippen LogP contribution in [0, 0.1) is 11.8 Å². The van der Waals surface area contributed by atoms with Gasteiger partial charge in [0.2, 0.25) is 11.8 Å². The molecule has 2 aromatic rings. The molecule has 1 heterocycles. The summed E-state index contributed by atoms with van der Waals surface area (Å²) in [6.07, 6.45) is 6.94. The van der Waals surface area contributed by atoms with E-state index in [1.165, 1.54) is 16.7 Å². The number of hydrogen-bond donors (Lipinski definition) is 1. The summed E-state index contributed by atoms with van der Waals surface area (Å²) in [7, 11) is 0. The van der Waals surface area contributed by atoms with Gasteiger partial charge in [-0.1, -0.05) is 74.4 Å². The molecule has 4 rings (SSSR count). The summed E-state index contributed by atoms with van der Waals surface area (Å²) >= 11 is 0. The Morgan fingerprint density at radius 1 is 0.906 bits per heavy atom. The number of hydrogen-bond acceptors (Lipinski definition) is 2. The lowest BCUT2D eigenvalue weighted by atomic mass is 9.83. The summed E-state index contributed by atoms with van der Waals surface area (Å²) in [4.78, 5) is 28.3. The van der Waals surface area contributed by atoms with E-state index in [1.54, 1.807) is 0 Å². The summed E-state index contributed by atoms with van der Waals surface area (Å²) in [6.45, 7) is 4.07. The molecule has 2 unspecified atom stereocenters. The van der Waals surface area contributed by atoms with Gasteiger partial charge in [-0.15, -0.1) is 0 Å². The number of amides is 2. The number of carbonyl (C=O) groups is 2. The Balaban J connectivity index is 1.44. The lowest BCUT2D eigenvalue weighted by Gasteiger charge is -2.38. The predicted octanol–water partition coefficient (Wildman–Crippen LogP) is 4.73. The van der Waals surface area contributed by atoms with Gasteiger partial charge in [0.1, 0.15) is 0 Å². The van der Waals surface area contributed by atoms with Crippen molar-refractivity contribution in [1.82, 2.24) is 10.2 Å². The molecule has 4 heteroatoms. The number of piperidine rings is 1. The first kappa shape index (κ1) is 22.6. The zero-order valence-corrected chi connectivity index (χ0v) is 19.3. The molecule has 1 N–H and O–H groups in total. The first-order chi connectivity index (χ1) is 15.6. The molecule has 1 aliphatic heterocycles. The maximum absolute atomic E-state index is 13.2. The van der Waals surface area contributed by atoms with Crippen LogP contribution < -0.4 is 5.32 Å². The highest BCUT2D eigenvalue weighted by Crippen LogP contribution is 2.34. The number of benzene rings is 2. The molecule has 0 spiro atoms. The normalized spacial score (nSPS) is 21.5. The summed E-state index contributed by atoms with van der Waals surface area (Å²) in [5, 5.41) is 3.14. The van der Waals surface area contributed by atoms with Gasteiger partial charge in [-0.25, -0.2) is 0 Å². The highest BCUT2D eigenvalue weighted by molar-refractivity contribution is 5.82. The Kier molecular flexibility index (Phi) is 7.62. The van der Waals surface area contributed by atoms with Crippen molar-refractivity contribution >= 4 is 11.8 Å². The molecule has 0 aromatic heterocycles. The first-order valence-corrected chi connectivity index (χ1v) is 12.3. The number of likely N-dealkylation sites (tertiary alicyclic amines) is 1. The Morgan fingerprint density at radius 3 is 2.31 bits per heavy atom. The fourth-order valence-corrected chi connectivity index (χ4v) is 5.29. The molecule has 2 fully saturated rings. The van der Waals surface area contributed by atoms with Crippen molar-refractivity contribution in [3.8, 4) is 0 Å². The van der Waals surface area contributed by atoms with Crippen molar-refractivity contribution in [2.24, 2.45) is 11.8 Å². The third-order valence-electron chi connectivity index (χ3n) is 7.25. The zero-order chi connectivity index (χ0) is 22.3. The van der Waals surface area contributed by atoms with Crippen molar-refractivity contribution in [3.05, 3.63) is 71.3 Å². The SMILES string of the molecule is CCc1ccc(C2CC(C(=O)NCCc3ccccc3)CN(C(=O)C3CCCC3)C2)cc1. The van der Waals surface area contributed by atoms with Crippen molar-refractivity contribution in [3.63, 3.8) is 0 Å². The van der Waals surface area contributed by atoms with Crippen LogP contribution in [0.5, 0.6) is 0 Å². The van der Waals surface area contributed by atoms with Crippen LogP contribution in [0.2, 0.25) is 0 Å². The molecule has 170 valence electrons. The van der Waals surface area contributed by atoms with Gasteiger partial charge in [-0.05, 0) is 48.8 Å². The molecule has 32 heavy (non-hydrogen) atoms. The zero-order valence-electron chi connectivity index (χ0n) is 19.3. The Morgan fingerprint density at radius 2 is 1.62 bits per heavy atom. The van der Waals surface area contributed by atoms with E-state index in [2.05, 4.69) is 48.6 Å². The van der Waals surface area contributed by atoms with E-state index in [0.717, 1.165) is 51.5 Å². The standard InChI is InChI=1S/C28H36N2O2/c1-2-21-12-14-23(15-13-21)25-18-26(20-30(19-25)28(32)24-10-6-7-11-24)27(31)29-17-16-22-8-4-3-5-9-22/h3-5,8-9,12-15,24-26H,2,6-7,10-11,16-20H2,1H3,(H,29,31). The average molecular weight is 433 g/mol. The lowest BCUT2D eigenvalue weighted by Crippen LogP contribution is -2.49. The number of carbonyl (C=O) groups excluding carboxylic acids is 2. The van der Waals surface area contributed by atoms with Crippen molar-refractivity contribution in [2.75, 3.05) is 19.6 Å². The summed E-state index contributed by atoms with van der Waals surface area (Å²) in [5.74, 6) is 0.558. The Hall–Kier alpha value is -2.62. The molecule has 0 bridgehead atoms. The van der Waals surface area contributed by atoms with Gasteiger partial charge in [0.15, 0.2) is 0 Å². The van der Waals surface area contributed by atoms with E-state index in [1.807, 2.05) is 23.1 Å². The minimum Gasteiger partial charge on any atom is -0.355 e. The van der Waals surface area contributed by atoms with E-state index >= 15 is 0 Å². The quantitative estimate of drug-likeness (QED) is 0.688. The second kappa shape index (κ2) is 10.8. The minimum atomic E-state index is -0.152. The van der Waals surface area contributed by atoms with Gasteiger partial charge >= 0.3 is 0 Å². The fourth-order valence-electron chi connectivity index (χ4n) is 5.29. The second-order valence-electron chi connectivity index (χ2n) is 9.48. The third kappa shape index (κ3) is 5.59. The molecule has 2 aromatic carbocycles. The van der Waals surface area contributed by atoms with Crippen LogP contribution in [-0.4, -0.2) is 36.3 Å². The second-order valence-corrected chi connectivity index (χ2v) is 9.48. The van der Waals surface area contributed by atoms with Crippen LogP contribution in [0.15, 0.2) is 54.6 Å². The largest absolute Gasteiger partial charge is 0.355 e. The topological polar surface area (TPSA) is 49.4 Å². The number of nitrogens with zero attached hydrogens (tertiary/aromatic N) is 1. The maximum atomic E-state index is 13.2. The highest BCUT2D eigenvalue weighted by Gasteiger charge is 2.37. The van der Waals surface area contributed by atoms with Crippen molar-refractivity contribution in [1.29, 1.82) is 0 Å². The van der Waals surface area contributed by atoms with E-state index in [9.17, 15) is 9.59 Å². The van der Waals surface area contributed by atoms with Gasteiger partial charge in [0, 0.05) is 31.5 Å². The Bertz CT molecular complexity index is 887. The molecule has 2 atom stereocenters. The summed E-state index contributed by atoms with van der Waals surface area (Å²) < 4.78 is 0. The molecule has 2 aliphatic rings.